The monoisotopic (exact) mass is 142 g/mol. The van der Waals surface area contributed by atoms with Gasteiger partial charge >= 0.3 is 0 Å². The van der Waals surface area contributed by atoms with Gasteiger partial charge in [0.15, 0.2) is 0 Å². The highest BCUT2D eigenvalue weighted by molar-refractivity contribution is 5.75. The van der Waals surface area contributed by atoms with Gasteiger partial charge < -0.3 is 10.1 Å². The molecule has 0 fully saturated rings. The number of hydrogen-bond donors (Lipinski definition) is 1. The fourth-order valence-electron chi connectivity index (χ4n) is 0.832. The van der Waals surface area contributed by atoms with E-state index in [0.29, 0.717) is 6.02 Å². The molecule has 10 heavy (non-hydrogen) atoms. The summed E-state index contributed by atoms with van der Waals surface area (Å²) in [6, 6.07) is 0.688. The molecule has 1 rings (SSSR count). The number of aliphatic imine (C=N–C) groups is 1. The van der Waals surface area contributed by atoms with Crippen molar-refractivity contribution in [2.24, 2.45) is 4.99 Å². The van der Waals surface area contributed by atoms with Crippen molar-refractivity contribution < 1.29 is 4.74 Å². The third-order valence-electron chi connectivity index (χ3n) is 1.30. The summed E-state index contributed by atoms with van der Waals surface area (Å²) >= 11 is 0. The molecule has 0 aromatic rings. The Morgan fingerprint density at radius 3 is 2.80 bits per heavy atom. The van der Waals surface area contributed by atoms with Crippen molar-refractivity contribution in [2.45, 2.75) is 26.4 Å². The first-order valence-corrected chi connectivity index (χ1v) is 3.61. The Kier molecular flexibility index (Phi) is 1.83. The van der Waals surface area contributed by atoms with Crippen molar-refractivity contribution in [1.82, 2.24) is 5.32 Å². The normalized spacial score (nSPS) is 21.7. The lowest BCUT2D eigenvalue weighted by Crippen LogP contribution is -2.30. The molecule has 1 aliphatic heterocycles. The number of nitrogens with one attached hydrogen (secondary N) is 1. The van der Waals surface area contributed by atoms with Crippen LogP contribution in [0.2, 0.25) is 0 Å². The molecule has 3 heteroatoms. The van der Waals surface area contributed by atoms with E-state index >= 15 is 0 Å². The molecule has 0 unspecified atom stereocenters. The van der Waals surface area contributed by atoms with Crippen molar-refractivity contribution >= 4 is 6.02 Å². The molecule has 3 nitrogen and oxygen atoms in total. The van der Waals surface area contributed by atoms with Crippen LogP contribution >= 0.6 is 0 Å². The van der Waals surface area contributed by atoms with Gasteiger partial charge in [-0.25, -0.2) is 4.99 Å². The van der Waals surface area contributed by atoms with Crippen LogP contribution in [0.15, 0.2) is 4.99 Å². The SMILES string of the molecule is CCNC1=NCC(C)(C)O1. The van der Waals surface area contributed by atoms with Crippen molar-refractivity contribution in [1.29, 1.82) is 0 Å². The van der Waals surface area contributed by atoms with Gasteiger partial charge in [0.2, 0.25) is 0 Å². The smallest absolute Gasteiger partial charge is 0.285 e. The Balaban J connectivity index is 2.39. The fraction of sp³-hybridized carbons (Fsp3) is 0.857. The van der Waals surface area contributed by atoms with Crippen LogP contribution in [-0.2, 0) is 4.74 Å². The lowest BCUT2D eigenvalue weighted by atomic mass is 10.1. The van der Waals surface area contributed by atoms with Gasteiger partial charge in [-0.05, 0) is 20.8 Å². The first-order chi connectivity index (χ1) is 4.64. The number of rotatable bonds is 1. The summed E-state index contributed by atoms with van der Waals surface area (Å²) < 4.78 is 5.43. The average molecular weight is 142 g/mol. The van der Waals surface area contributed by atoms with Gasteiger partial charge in [-0.1, -0.05) is 0 Å². The van der Waals surface area contributed by atoms with E-state index in [2.05, 4.69) is 10.3 Å². The minimum Gasteiger partial charge on any atom is -0.457 e. The first-order valence-electron chi connectivity index (χ1n) is 3.61. The standard InChI is InChI=1S/C7H14N2O/c1-4-8-6-9-5-7(2,3)10-6/h4-5H2,1-3H3,(H,8,9). The Morgan fingerprint density at radius 2 is 2.40 bits per heavy atom. The van der Waals surface area contributed by atoms with E-state index in [1.807, 2.05) is 20.8 Å². The Morgan fingerprint density at radius 1 is 1.70 bits per heavy atom. The van der Waals surface area contributed by atoms with Gasteiger partial charge in [0.1, 0.15) is 5.60 Å². The van der Waals surface area contributed by atoms with E-state index in [0.717, 1.165) is 13.1 Å². The fourth-order valence-corrected chi connectivity index (χ4v) is 0.832. The second-order valence-corrected chi connectivity index (χ2v) is 3.01. The Hall–Kier alpha value is -0.730. The molecule has 0 saturated heterocycles. The Bertz CT molecular complexity index is 152. The van der Waals surface area contributed by atoms with Gasteiger partial charge in [0, 0.05) is 6.54 Å². The molecule has 0 amide bonds. The third-order valence-corrected chi connectivity index (χ3v) is 1.30. The second-order valence-electron chi connectivity index (χ2n) is 3.01. The molecule has 0 radical (unpaired) electrons. The highest BCUT2D eigenvalue weighted by Crippen LogP contribution is 2.15. The van der Waals surface area contributed by atoms with E-state index < -0.39 is 0 Å². The molecule has 0 bridgehead atoms. The predicted octanol–water partition coefficient (Wildman–Crippen LogP) is 0.761. The largest absolute Gasteiger partial charge is 0.457 e. The van der Waals surface area contributed by atoms with E-state index in [1.165, 1.54) is 0 Å². The maximum Gasteiger partial charge on any atom is 0.285 e. The van der Waals surface area contributed by atoms with Crippen LogP contribution in [0, 0.1) is 0 Å². The molecular formula is C7H14N2O. The summed E-state index contributed by atoms with van der Waals surface area (Å²) in [5, 5.41) is 3.03. The van der Waals surface area contributed by atoms with Crippen molar-refractivity contribution in [3.63, 3.8) is 0 Å². The lowest BCUT2D eigenvalue weighted by Gasteiger charge is -2.16. The number of nitrogens with zero attached hydrogens (tertiary/aromatic N) is 1. The van der Waals surface area contributed by atoms with Crippen molar-refractivity contribution in [3.8, 4) is 0 Å². The van der Waals surface area contributed by atoms with Gasteiger partial charge in [0.05, 0.1) is 6.54 Å². The molecular weight excluding hydrogens is 128 g/mol. The molecule has 0 saturated carbocycles. The van der Waals surface area contributed by atoms with Crippen LogP contribution in [-0.4, -0.2) is 24.7 Å². The maximum atomic E-state index is 5.43. The average Bonchev–Trinajstić information content (AvgIpc) is 2.12. The topological polar surface area (TPSA) is 33.6 Å². The van der Waals surface area contributed by atoms with Crippen LogP contribution < -0.4 is 5.32 Å². The molecule has 1 N–H and O–H groups in total. The van der Waals surface area contributed by atoms with Crippen LogP contribution in [0.4, 0.5) is 0 Å². The Labute approximate surface area is 61.5 Å². The molecule has 1 aliphatic rings. The quantitative estimate of drug-likeness (QED) is 0.586. The maximum absolute atomic E-state index is 5.43. The van der Waals surface area contributed by atoms with E-state index in [1.54, 1.807) is 0 Å². The lowest BCUT2D eigenvalue weighted by molar-refractivity contribution is 0.124. The van der Waals surface area contributed by atoms with Crippen molar-refractivity contribution in [2.75, 3.05) is 13.1 Å². The summed E-state index contributed by atoms with van der Waals surface area (Å²) in [7, 11) is 0. The zero-order chi connectivity index (χ0) is 7.61. The molecule has 1 heterocycles. The molecule has 58 valence electrons. The van der Waals surface area contributed by atoms with E-state index in [4.69, 9.17) is 4.74 Å². The van der Waals surface area contributed by atoms with Crippen LogP contribution in [0.1, 0.15) is 20.8 Å². The summed E-state index contributed by atoms with van der Waals surface area (Å²) in [4.78, 5) is 4.16. The highest BCUT2D eigenvalue weighted by Gasteiger charge is 2.26. The summed E-state index contributed by atoms with van der Waals surface area (Å²) in [5.74, 6) is 0. The van der Waals surface area contributed by atoms with Gasteiger partial charge in [0.25, 0.3) is 6.02 Å². The van der Waals surface area contributed by atoms with Crippen LogP contribution in [0.3, 0.4) is 0 Å². The third kappa shape index (κ3) is 1.62. The predicted molar refractivity (Wildman–Crippen MR) is 41.1 cm³/mol. The molecule has 0 atom stereocenters. The van der Waals surface area contributed by atoms with E-state index in [9.17, 15) is 0 Å². The van der Waals surface area contributed by atoms with Crippen LogP contribution in [0.25, 0.3) is 0 Å². The zero-order valence-electron chi connectivity index (χ0n) is 6.77. The summed E-state index contributed by atoms with van der Waals surface area (Å²) in [6.45, 7) is 7.71. The molecule has 0 aromatic carbocycles. The van der Waals surface area contributed by atoms with Crippen molar-refractivity contribution in [3.05, 3.63) is 0 Å². The minimum absolute atomic E-state index is 0.0997. The number of amidine groups is 1. The van der Waals surface area contributed by atoms with Gasteiger partial charge in [-0.15, -0.1) is 0 Å². The number of ether oxygens (including phenoxy) is 1. The van der Waals surface area contributed by atoms with Gasteiger partial charge in [-0.2, -0.15) is 0 Å². The molecule has 0 aromatic heterocycles. The zero-order valence-corrected chi connectivity index (χ0v) is 6.77. The molecule has 0 aliphatic carbocycles. The van der Waals surface area contributed by atoms with E-state index in [-0.39, 0.29) is 5.60 Å². The van der Waals surface area contributed by atoms with Gasteiger partial charge in [-0.3, -0.25) is 0 Å². The summed E-state index contributed by atoms with van der Waals surface area (Å²) in [6.07, 6.45) is 0. The highest BCUT2D eigenvalue weighted by atomic mass is 16.5. The first kappa shape index (κ1) is 7.38. The second kappa shape index (κ2) is 2.48. The minimum atomic E-state index is -0.0997. The molecule has 0 spiro atoms. The summed E-state index contributed by atoms with van der Waals surface area (Å²) in [5.41, 5.74) is -0.0997. The number of hydrogen-bond acceptors (Lipinski definition) is 3. The van der Waals surface area contributed by atoms with Crippen LogP contribution in [0.5, 0.6) is 0 Å².